The minimum atomic E-state index is -1.16. The van der Waals surface area contributed by atoms with E-state index in [-0.39, 0.29) is 12.5 Å². The highest BCUT2D eigenvalue weighted by atomic mass is 16.3. The van der Waals surface area contributed by atoms with Gasteiger partial charge in [-0.15, -0.1) is 0 Å². The molecule has 3 unspecified atom stereocenters. The predicted molar refractivity (Wildman–Crippen MR) is 273 cm³/mol. The number of unbranched alkanes of at least 4 members (excludes halogenated alkanes) is 40. The summed E-state index contributed by atoms with van der Waals surface area (Å²) in [6, 6.07) is -0.826. The van der Waals surface area contributed by atoms with Crippen LogP contribution in [0.3, 0.4) is 0 Å². The summed E-state index contributed by atoms with van der Waals surface area (Å²) in [6.45, 7) is 4.20. The summed E-state index contributed by atoms with van der Waals surface area (Å²) in [5.41, 5.74) is 0. The summed E-state index contributed by atoms with van der Waals surface area (Å²) in [5, 5.41) is 33.7. The molecule has 5 heteroatoms. The monoisotopic (exact) mass is 874 g/mol. The smallest absolute Gasteiger partial charge is 0.220 e. The van der Waals surface area contributed by atoms with Crippen LogP contribution in [0.5, 0.6) is 0 Å². The van der Waals surface area contributed by atoms with Crippen molar-refractivity contribution in [3.8, 4) is 0 Å². The Morgan fingerprint density at radius 1 is 0.387 bits per heavy atom. The molecule has 368 valence electrons. The van der Waals surface area contributed by atoms with E-state index in [1.54, 1.807) is 0 Å². The first-order valence-electron chi connectivity index (χ1n) is 28.1. The van der Waals surface area contributed by atoms with E-state index in [4.69, 9.17) is 0 Å². The van der Waals surface area contributed by atoms with Crippen molar-refractivity contribution in [3.05, 3.63) is 24.3 Å². The molecule has 0 aliphatic carbocycles. The second kappa shape index (κ2) is 52.5. The molecule has 0 aromatic carbocycles. The van der Waals surface area contributed by atoms with Crippen LogP contribution < -0.4 is 5.32 Å². The van der Waals surface area contributed by atoms with E-state index in [1.165, 1.54) is 244 Å². The molecule has 5 nitrogen and oxygen atoms in total. The van der Waals surface area contributed by atoms with Gasteiger partial charge in [0.15, 0.2) is 0 Å². The average Bonchev–Trinajstić information content (AvgIpc) is 3.28. The molecular formula is C57H111NO4. The molecule has 0 aliphatic rings. The number of hydrogen-bond acceptors (Lipinski definition) is 4. The first-order valence-corrected chi connectivity index (χ1v) is 28.1. The fourth-order valence-corrected chi connectivity index (χ4v) is 8.93. The number of allylic oxidation sites excluding steroid dienone is 4. The standard InChI is InChI=1S/C57H111NO4/c1-3-5-7-9-11-13-15-17-19-21-23-25-26-27-28-29-30-32-34-36-38-40-42-44-46-48-50-52-56(61)58-54(53-59)57(62)55(60)51-49-47-45-43-41-39-37-35-33-31-24-22-20-18-16-14-12-10-8-6-4-2/h27-28,43,45,54-55,57,59-60,62H,3-26,29-42,44,46-53H2,1-2H3,(H,58,61)/b28-27-,45-43+. The van der Waals surface area contributed by atoms with Crippen LogP contribution >= 0.6 is 0 Å². The van der Waals surface area contributed by atoms with Crippen LogP contribution in [-0.4, -0.2) is 46.1 Å². The van der Waals surface area contributed by atoms with E-state index in [0.29, 0.717) is 12.8 Å². The zero-order valence-corrected chi connectivity index (χ0v) is 42.0. The number of aliphatic hydroxyl groups is 3. The maximum absolute atomic E-state index is 12.5. The van der Waals surface area contributed by atoms with Crippen LogP contribution in [0.2, 0.25) is 0 Å². The number of nitrogens with one attached hydrogen (secondary N) is 1. The van der Waals surface area contributed by atoms with Gasteiger partial charge in [0.2, 0.25) is 5.91 Å². The van der Waals surface area contributed by atoms with Crippen LogP contribution in [0.1, 0.15) is 309 Å². The summed E-state index contributed by atoms with van der Waals surface area (Å²) >= 11 is 0. The molecule has 3 atom stereocenters. The van der Waals surface area contributed by atoms with Gasteiger partial charge in [0.05, 0.1) is 18.8 Å². The first-order chi connectivity index (χ1) is 30.6. The molecule has 0 spiro atoms. The van der Waals surface area contributed by atoms with Gasteiger partial charge < -0.3 is 20.6 Å². The van der Waals surface area contributed by atoms with Crippen molar-refractivity contribution in [1.82, 2.24) is 5.32 Å². The van der Waals surface area contributed by atoms with Gasteiger partial charge in [-0.25, -0.2) is 0 Å². The van der Waals surface area contributed by atoms with E-state index in [9.17, 15) is 20.1 Å². The molecule has 0 saturated carbocycles. The van der Waals surface area contributed by atoms with Crippen molar-refractivity contribution in [2.45, 2.75) is 327 Å². The summed E-state index contributed by atoms with van der Waals surface area (Å²) in [6.07, 6.45) is 66.2. The Hall–Kier alpha value is -1.17. The van der Waals surface area contributed by atoms with Crippen LogP contribution in [0.25, 0.3) is 0 Å². The van der Waals surface area contributed by atoms with Crippen molar-refractivity contribution < 1.29 is 20.1 Å². The predicted octanol–water partition coefficient (Wildman–Crippen LogP) is 17.3. The van der Waals surface area contributed by atoms with E-state index in [0.717, 1.165) is 38.5 Å². The lowest BCUT2D eigenvalue weighted by molar-refractivity contribution is -0.124. The lowest BCUT2D eigenvalue weighted by Crippen LogP contribution is -2.50. The second-order valence-electron chi connectivity index (χ2n) is 19.5. The molecule has 0 rings (SSSR count). The third kappa shape index (κ3) is 46.8. The van der Waals surface area contributed by atoms with Gasteiger partial charge in [0, 0.05) is 6.42 Å². The molecule has 0 saturated heterocycles. The van der Waals surface area contributed by atoms with Gasteiger partial charge in [-0.2, -0.15) is 0 Å². The van der Waals surface area contributed by atoms with Gasteiger partial charge in [0.1, 0.15) is 6.10 Å². The van der Waals surface area contributed by atoms with Crippen molar-refractivity contribution in [2.75, 3.05) is 6.61 Å². The number of carbonyl (C=O) groups excluding carboxylic acids is 1. The van der Waals surface area contributed by atoms with Crippen molar-refractivity contribution in [3.63, 3.8) is 0 Å². The molecular weight excluding hydrogens is 763 g/mol. The molecule has 0 radical (unpaired) electrons. The Morgan fingerprint density at radius 2 is 0.645 bits per heavy atom. The zero-order valence-electron chi connectivity index (χ0n) is 42.0. The van der Waals surface area contributed by atoms with Gasteiger partial charge in [-0.05, 0) is 64.2 Å². The van der Waals surface area contributed by atoms with E-state index in [2.05, 4.69) is 43.5 Å². The van der Waals surface area contributed by atoms with Crippen LogP contribution in [0, 0.1) is 0 Å². The van der Waals surface area contributed by atoms with E-state index < -0.39 is 18.2 Å². The van der Waals surface area contributed by atoms with E-state index >= 15 is 0 Å². The van der Waals surface area contributed by atoms with Gasteiger partial charge >= 0.3 is 0 Å². The summed E-state index contributed by atoms with van der Waals surface area (Å²) in [5.74, 6) is -0.151. The Bertz CT molecular complexity index is 920. The lowest BCUT2D eigenvalue weighted by atomic mass is 10.0. The fourth-order valence-electron chi connectivity index (χ4n) is 8.93. The average molecular weight is 875 g/mol. The minimum absolute atomic E-state index is 0.151. The number of aliphatic hydroxyl groups excluding tert-OH is 3. The fraction of sp³-hybridized carbons (Fsp3) is 0.912. The molecule has 0 aromatic rings. The molecule has 0 aliphatic heterocycles. The number of carbonyl (C=O) groups is 1. The van der Waals surface area contributed by atoms with Gasteiger partial charge in [-0.3, -0.25) is 4.79 Å². The number of amides is 1. The summed E-state index contributed by atoms with van der Waals surface area (Å²) in [7, 11) is 0. The molecule has 0 heterocycles. The van der Waals surface area contributed by atoms with Crippen LogP contribution in [0.15, 0.2) is 24.3 Å². The van der Waals surface area contributed by atoms with Crippen molar-refractivity contribution >= 4 is 5.91 Å². The largest absolute Gasteiger partial charge is 0.394 e. The Balaban J connectivity index is 3.56. The SMILES string of the molecule is CCCCCCCCCCCCCC/C=C\CCCCCCCCCCCCCC(=O)NC(CO)C(O)C(O)CCC/C=C/CCCCCCCCCCCCCCCCCC. The summed E-state index contributed by atoms with van der Waals surface area (Å²) in [4.78, 5) is 12.5. The third-order valence-electron chi connectivity index (χ3n) is 13.3. The zero-order chi connectivity index (χ0) is 45.1. The number of hydrogen-bond donors (Lipinski definition) is 4. The summed E-state index contributed by atoms with van der Waals surface area (Å²) < 4.78 is 0. The Labute approximate surface area is 388 Å². The molecule has 4 N–H and O–H groups in total. The molecule has 0 fully saturated rings. The Kier molecular flexibility index (Phi) is 51.5. The highest BCUT2D eigenvalue weighted by Crippen LogP contribution is 2.17. The molecule has 1 amide bonds. The maximum atomic E-state index is 12.5. The molecule has 0 bridgehead atoms. The van der Waals surface area contributed by atoms with Gasteiger partial charge in [-0.1, -0.05) is 263 Å². The van der Waals surface area contributed by atoms with Gasteiger partial charge in [0.25, 0.3) is 0 Å². The third-order valence-corrected chi connectivity index (χ3v) is 13.3. The van der Waals surface area contributed by atoms with Crippen molar-refractivity contribution in [1.29, 1.82) is 0 Å². The molecule has 62 heavy (non-hydrogen) atoms. The lowest BCUT2D eigenvalue weighted by Gasteiger charge is -2.26. The van der Waals surface area contributed by atoms with Crippen LogP contribution in [0.4, 0.5) is 0 Å². The Morgan fingerprint density at radius 3 is 0.935 bits per heavy atom. The second-order valence-corrected chi connectivity index (χ2v) is 19.5. The highest BCUT2D eigenvalue weighted by Gasteiger charge is 2.26. The topological polar surface area (TPSA) is 89.8 Å². The maximum Gasteiger partial charge on any atom is 0.220 e. The van der Waals surface area contributed by atoms with Crippen LogP contribution in [-0.2, 0) is 4.79 Å². The quantitative estimate of drug-likeness (QED) is 0.0362. The molecule has 0 aromatic heterocycles. The van der Waals surface area contributed by atoms with E-state index in [1.807, 2.05) is 0 Å². The minimum Gasteiger partial charge on any atom is -0.394 e. The normalized spacial score (nSPS) is 13.4. The van der Waals surface area contributed by atoms with Crippen molar-refractivity contribution in [2.24, 2.45) is 0 Å². The number of rotatable bonds is 52. The highest BCUT2D eigenvalue weighted by molar-refractivity contribution is 5.76. The first kappa shape index (κ1) is 60.8.